The molecular formula is C26H43N2+. The van der Waals surface area contributed by atoms with Crippen LogP contribution in [0.25, 0.3) is 0 Å². The van der Waals surface area contributed by atoms with E-state index in [-0.39, 0.29) is 0 Å². The Kier molecular flexibility index (Phi) is 11.7. The van der Waals surface area contributed by atoms with Crippen molar-refractivity contribution in [1.82, 2.24) is 4.57 Å². The number of benzene rings is 1. The van der Waals surface area contributed by atoms with Gasteiger partial charge in [0.05, 0.1) is 6.54 Å². The Morgan fingerprint density at radius 3 is 1.82 bits per heavy atom. The molecule has 0 aliphatic heterocycles. The molecule has 1 aromatic carbocycles. The standard InChI is InChI=1S/C26H43N2/c1-3-4-5-6-7-8-9-10-11-12-13-14-18-21-27-22-23-28(25(27)2)24-26-19-16-15-17-20-26/h15-17,19-20,22-23H,3-14,18,21,24H2,1-2H3/q+1. The molecule has 0 saturated carbocycles. The molecule has 0 atom stereocenters. The summed E-state index contributed by atoms with van der Waals surface area (Å²) < 4.78 is 4.78. The molecule has 0 bridgehead atoms. The van der Waals surface area contributed by atoms with Gasteiger partial charge in [0.25, 0.3) is 5.82 Å². The zero-order valence-corrected chi connectivity index (χ0v) is 18.5. The number of unbranched alkanes of at least 4 members (excludes halogenated alkanes) is 12. The molecule has 0 spiro atoms. The van der Waals surface area contributed by atoms with Gasteiger partial charge in [0.2, 0.25) is 0 Å². The molecule has 156 valence electrons. The topological polar surface area (TPSA) is 8.81 Å². The third-order valence-electron chi connectivity index (χ3n) is 5.96. The predicted molar refractivity (Wildman–Crippen MR) is 121 cm³/mol. The van der Waals surface area contributed by atoms with E-state index in [1.807, 2.05) is 0 Å². The van der Waals surface area contributed by atoms with E-state index in [2.05, 4.69) is 65.7 Å². The summed E-state index contributed by atoms with van der Waals surface area (Å²) in [6.07, 6.45) is 22.9. The van der Waals surface area contributed by atoms with Crippen LogP contribution in [0.3, 0.4) is 0 Å². The highest BCUT2D eigenvalue weighted by atomic mass is 15.1. The van der Waals surface area contributed by atoms with Crippen LogP contribution in [0.1, 0.15) is 102 Å². The summed E-state index contributed by atoms with van der Waals surface area (Å²) in [5, 5.41) is 0. The van der Waals surface area contributed by atoms with E-state index in [1.165, 1.54) is 94.9 Å². The Balaban J connectivity index is 1.48. The van der Waals surface area contributed by atoms with Crippen LogP contribution in [0.5, 0.6) is 0 Å². The molecule has 2 rings (SSSR count). The number of aryl methyl sites for hydroxylation is 1. The second-order valence-corrected chi connectivity index (χ2v) is 8.39. The van der Waals surface area contributed by atoms with Crippen LogP contribution in [-0.2, 0) is 13.1 Å². The van der Waals surface area contributed by atoms with Gasteiger partial charge in [-0.2, -0.15) is 0 Å². The zero-order chi connectivity index (χ0) is 19.9. The SMILES string of the molecule is CCCCCCCCCCCCCCCn1cc[n+](Cc2ccccc2)c1C. The van der Waals surface area contributed by atoms with Crippen molar-refractivity contribution in [3.63, 3.8) is 0 Å². The molecule has 2 aromatic rings. The van der Waals surface area contributed by atoms with Gasteiger partial charge in [-0.3, -0.25) is 0 Å². The highest BCUT2D eigenvalue weighted by molar-refractivity contribution is 5.13. The fraction of sp³-hybridized carbons (Fsp3) is 0.654. The molecule has 2 nitrogen and oxygen atoms in total. The van der Waals surface area contributed by atoms with Crippen LogP contribution in [-0.4, -0.2) is 4.57 Å². The van der Waals surface area contributed by atoms with Crippen LogP contribution >= 0.6 is 0 Å². The summed E-state index contributed by atoms with van der Waals surface area (Å²) in [6, 6.07) is 10.7. The quantitative estimate of drug-likeness (QED) is 0.214. The van der Waals surface area contributed by atoms with Gasteiger partial charge in [0, 0.05) is 6.92 Å². The monoisotopic (exact) mass is 383 g/mol. The first kappa shape index (κ1) is 22.7. The van der Waals surface area contributed by atoms with Crippen LogP contribution in [0.15, 0.2) is 42.7 Å². The average Bonchev–Trinajstić information content (AvgIpc) is 3.06. The lowest BCUT2D eigenvalue weighted by Crippen LogP contribution is -2.36. The molecule has 0 unspecified atom stereocenters. The van der Waals surface area contributed by atoms with Gasteiger partial charge in [0.15, 0.2) is 0 Å². The van der Waals surface area contributed by atoms with Crippen molar-refractivity contribution in [2.24, 2.45) is 0 Å². The second kappa shape index (κ2) is 14.4. The van der Waals surface area contributed by atoms with Crippen molar-refractivity contribution in [3.8, 4) is 0 Å². The summed E-state index contributed by atoms with van der Waals surface area (Å²) in [5.41, 5.74) is 1.37. The summed E-state index contributed by atoms with van der Waals surface area (Å²) in [7, 11) is 0. The summed E-state index contributed by atoms with van der Waals surface area (Å²) in [4.78, 5) is 0. The Bertz CT molecular complexity index is 615. The summed E-state index contributed by atoms with van der Waals surface area (Å²) in [6.45, 7) is 6.66. The van der Waals surface area contributed by atoms with Gasteiger partial charge in [0.1, 0.15) is 18.9 Å². The largest absolute Gasteiger partial charge is 0.253 e. The van der Waals surface area contributed by atoms with Gasteiger partial charge in [-0.05, 0) is 18.4 Å². The minimum atomic E-state index is 0.971. The third kappa shape index (κ3) is 9.08. The lowest BCUT2D eigenvalue weighted by Gasteiger charge is -2.04. The fourth-order valence-corrected chi connectivity index (χ4v) is 4.03. The first-order valence-electron chi connectivity index (χ1n) is 11.9. The van der Waals surface area contributed by atoms with E-state index in [9.17, 15) is 0 Å². The lowest BCUT2D eigenvalue weighted by atomic mass is 10.0. The normalized spacial score (nSPS) is 11.2. The van der Waals surface area contributed by atoms with E-state index in [0.717, 1.165) is 13.1 Å². The predicted octanol–water partition coefficient (Wildman–Crippen LogP) is 7.22. The fourth-order valence-electron chi connectivity index (χ4n) is 4.03. The lowest BCUT2D eigenvalue weighted by molar-refractivity contribution is -0.694. The maximum absolute atomic E-state index is 2.42. The van der Waals surface area contributed by atoms with Crippen LogP contribution in [0.2, 0.25) is 0 Å². The molecule has 0 aliphatic rings. The van der Waals surface area contributed by atoms with Gasteiger partial charge in [-0.15, -0.1) is 0 Å². The number of aromatic nitrogens is 2. The maximum atomic E-state index is 2.42. The molecule has 0 aliphatic carbocycles. The van der Waals surface area contributed by atoms with Crippen molar-refractivity contribution < 1.29 is 4.57 Å². The number of imidazole rings is 1. The van der Waals surface area contributed by atoms with Crippen LogP contribution in [0, 0.1) is 6.92 Å². The molecule has 2 heteroatoms. The molecule has 0 fully saturated rings. The number of hydrogen-bond acceptors (Lipinski definition) is 0. The number of rotatable bonds is 16. The maximum Gasteiger partial charge on any atom is 0.253 e. The van der Waals surface area contributed by atoms with Crippen LogP contribution in [0.4, 0.5) is 0 Å². The first-order valence-corrected chi connectivity index (χ1v) is 11.9. The minimum Gasteiger partial charge on any atom is -0.234 e. The minimum absolute atomic E-state index is 0.971. The van der Waals surface area contributed by atoms with E-state index in [0.29, 0.717) is 0 Å². The van der Waals surface area contributed by atoms with Gasteiger partial charge in [-0.1, -0.05) is 108 Å². The third-order valence-corrected chi connectivity index (χ3v) is 5.96. The number of hydrogen-bond donors (Lipinski definition) is 0. The van der Waals surface area contributed by atoms with Crippen molar-refractivity contribution >= 4 is 0 Å². The van der Waals surface area contributed by atoms with Crippen molar-refractivity contribution in [3.05, 3.63) is 54.1 Å². The second-order valence-electron chi connectivity index (χ2n) is 8.39. The van der Waals surface area contributed by atoms with E-state index < -0.39 is 0 Å². The first-order chi connectivity index (χ1) is 13.8. The van der Waals surface area contributed by atoms with Crippen molar-refractivity contribution in [1.29, 1.82) is 0 Å². The molecule has 0 amide bonds. The Morgan fingerprint density at radius 2 is 1.25 bits per heavy atom. The highest BCUT2D eigenvalue weighted by Gasteiger charge is 2.11. The van der Waals surface area contributed by atoms with Crippen molar-refractivity contribution in [2.75, 3.05) is 0 Å². The highest BCUT2D eigenvalue weighted by Crippen LogP contribution is 2.13. The summed E-state index contributed by atoms with van der Waals surface area (Å²) in [5.74, 6) is 1.36. The van der Waals surface area contributed by atoms with Gasteiger partial charge < -0.3 is 0 Å². The molecule has 1 aromatic heterocycles. The molecule has 28 heavy (non-hydrogen) atoms. The average molecular weight is 384 g/mol. The van der Waals surface area contributed by atoms with Gasteiger partial charge in [-0.25, -0.2) is 9.13 Å². The van der Waals surface area contributed by atoms with Gasteiger partial charge >= 0.3 is 0 Å². The van der Waals surface area contributed by atoms with Crippen LogP contribution < -0.4 is 4.57 Å². The molecular weight excluding hydrogens is 340 g/mol. The number of nitrogens with zero attached hydrogens (tertiary/aromatic N) is 2. The molecule has 0 N–H and O–H groups in total. The Morgan fingerprint density at radius 1 is 0.714 bits per heavy atom. The molecule has 0 radical (unpaired) electrons. The van der Waals surface area contributed by atoms with E-state index >= 15 is 0 Å². The Labute approximate surface area is 174 Å². The molecule has 1 heterocycles. The molecule has 0 saturated heterocycles. The van der Waals surface area contributed by atoms with E-state index in [4.69, 9.17) is 0 Å². The zero-order valence-electron chi connectivity index (χ0n) is 18.5. The van der Waals surface area contributed by atoms with Crippen molar-refractivity contribution in [2.45, 2.75) is 110 Å². The smallest absolute Gasteiger partial charge is 0.234 e. The van der Waals surface area contributed by atoms with E-state index in [1.54, 1.807) is 0 Å². The summed E-state index contributed by atoms with van der Waals surface area (Å²) >= 11 is 0. The Hall–Kier alpha value is -1.57.